The second kappa shape index (κ2) is 5.32. The molecular formula is C10H20N2O2. The van der Waals surface area contributed by atoms with Crippen LogP contribution in [0.4, 0.5) is 0 Å². The summed E-state index contributed by atoms with van der Waals surface area (Å²) in [7, 11) is 0. The van der Waals surface area contributed by atoms with Gasteiger partial charge in [0.15, 0.2) is 0 Å². The van der Waals surface area contributed by atoms with Crippen molar-refractivity contribution in [3.63, 3.8) is 0 Å². The lowest BCUT2D eigenvalue weighted by Gasteiger charge is -2.40. The highest BCUT2D eigenvalue weighted by Crippen LogP contribution is 2.13. The van der Waals surface area contributed by atoms with Crippen LogP contribution in [-0.4, -0.2) is 47.7 Å². The summed E-state index contributed by atoms with van der Waals surface area (Å²) in [6.45, 7) is 7.26. The van der Waals surface area contributed by atoms with E-state index >= 15 is 0 Å². The van der Waals surface area contributed by atoms with Gasteiger partial charge in [0, 0.05) is 31.6 Å². The molecule has 0 aromatic rings. The zero-order chi connectivity index (χ0) is 10.6. The number of carbonyl (C=O) groups is 1. The third kappa shape index (κ3) is 2.96. The molecule has 0 aromatic heterocycles. The number of rotatable bonds is 4. The first-order valence-corrected chi connectivity index (χ1v) is 5.33. The van der Waals surface area contributed by atoms with Gasteiger partial charge in [-0.05, 0) is 19.9 Å². The normalized spacial score (nSPS) is 29.0. The molecule has 1 heterocycles. The average molecular weight is 200 g/mol. The van der Waals surface area contributed by atoms with Gasteiger partial charge in [-0.3, -0.25) is 9.69 Å². The van der Waals surface area contributed by atoms with Crippen LogP contribution in [0.2, 0.25) is 0 Å². The van der Waals surface area contributed by atoms with Crippen molar-refractivity contribution in [3.05, 3.63) is 0 Å². The number of likely N-dealkylation sites (N-methyl/N-ethyl adjacent to an activating group) is 1. The van der Waals surface area contributed by atoms with E-state index < -0.39 is 5.97 Å². The van der Waals surface area contributed by atoms with Gasteiger partial charge in [-0.2, -0.15) is 0 Å². The Hall–Kier alpha value is -0.610. The van der Waals surface area contributed by atoms with E-state index in [1.54, 1.807) is 0 Å². The fourth-order valence-electron chi connectivity index (χ4n) is 2.18. The van der Waals surface area contributed by atoms with Gasteiger partial charge in [0.05, 0.1) is 0 Å². The SMILES string of the molecule is CCN1C(C)CNCC1CCC(=O)O. The first-order valence-electron chi connectivity index (χ1n) is 5.33. The highest BCUT2D eigenvalue weighted by Gasteiger charge is 2.26. The summed E-state index contributed by atoms with van der Waals surface area (Å²) in [4.78, 5) is 12.9. The van der Waals surface area contributed by atoms with Gasteiger partial charge in [0.1, 0.15) is 0 Å². The molecule has 1 fully saturated rings. The number of nitrogens with zero attached hydrogens (tertiary/aromatic N) is 1. The van der Waals surface area contributed by atoms with Crippen LogP contribution in [0.3, 0.4) is 0 Å². The van der Waals surface area contributed by atoms with Gasteiger partial charge in [-0.1, -0.05) is 6.92 Å². The predicted octanol–water partition coefficient (Wildman–Crippen LogP) is 0.533. The number of hydrogen-bond donors (Lipinski definition) is 2. The number of hydrogen-bond acceptors (Lipinski definition) is 3. The molecule has 1 aliphatic heterocycles. The molecule has 82 valence electrons. The Labute approximate surface area is 85.3 Å². The van der Waals surface area contributed by atoms with E-state index in [4.69, 9.17) is 5.11 Å². The molecule has 14 heavy (non-hydrogen) atoms. The van der Waals surface area contributed by atoms with E-state index in [9.17, 15) is 4.79 Å². The van der Waals surface area contributed by atoms with E-state index in [0.29, 0.717) is 12.1 Å². The van der Waals surface area contributed by atoms with Crippen LogP contribution in [-0.2, 0) is 4.79 Å². The molecule has 0 saturated carbocycles. The summed E-state index contributed by atoms with van der Waals surface area (Å²) < 4.78 is 0. The summed E-state index contributed by atoms with van der Waals surface area (Å²) in [5, 5.41) is 12.0. The van der Waals surface area contributed by atoms with E-state index in [1.165, 1.54) is 0 Å². The number of carboxylic acid groups (broad SMARTS) is 1. The minimum Gasteiger partial charge on any atom is -0.481 e. The second-order valence-corrected chi connectivity index (χ2v) is 3.92. The molecule has 1 saturated heterocycles. The minimum absolute atomic E-state index is 0.273. The smallest absolute Gasteiger partial charge is 0.303 e. The zero-order valence-electron chi connectivity index (χ0n) is 8.99. The Kier molecular flexibility index (Phi) is 4.35. The van der Waals surface area contributed by atoms with Crippen molar-refractivity contribution >= 4 is 5.97 Å². The van der Waals surface area contributed by atoms with Gasteiger partial charge in [-0.15, -0.1) is 0 Å². The van der Waals surface area contributed by atoms with Crippen molar-refractivity contribution in [2.75, 3.05) is 19.6 Å². The lowest BCUT2D eigenvalue weighted by Crippen LogP contribution is -2.56. The topological polar surface area (TPSA) is 52.6 Å². The maximum atomic E-state index is 10.5. The van der Waals surface area contributed by atoms with Gasteiger partial charge in [0.25, 0.3) is 0 Å². The van der Waals surface area contributed by atoms with E-state index in [0.717, 1.165) is 26.1 Å². The molecule has 1 aliphatic rings. The minimum atomic E-state index is -0.695. The van der Waals surface area contributed by atoms with Crippen molar-refractivity contribution in [1.82, 2.24) is 10.2 Å². The van der Waals surface area contributed by atoms with E-state index in [2.05, 4.69) is 24.1 Å². The molecule has 1 rings (SSSR count). The third-order valence-electron chi connectivity index (χ3n) is 2.91. The zero-order valence-corrected chi connectivity index (χ0v) is 8.99. The van der Waals surface area contributed by atoms with Crippen LogP contribution in [0.1, 0.15) is 26.7 Å². The van der Waals surface area contributed by atoms with Gasteiger partial charge in [-0.25, -0.2) is 0 Å². The Morgan fingerprint density at radius 3 is 2.86 bits per heavy atom. The first-order chi connectivity index (χ1) is 6.65. The van der Waals surface area contributed by atoms with Crippen molar-refractivity contribution in [1.29, 1.82) is 0 Å². The summed E-state index contributed by atoms with van der Waals surface area (Å²) in [6.07, 6.45) is 1.02. The molecule has 0 spiro atoms. The summed E-state index contributed by atoms with van der Waals surface area (Å²) in [6, 6.07) is 0.910. The Balaban J connectivity index is 2.43. The second-order valence-electron chi connectivity index (χ2n) is 3.92. The van der Waals surface area contributed by atoms with Crippen molar-refractivity contribution < 1.29 is 9.90 Å². The monoisotopic (exact) mass is 200 g/mol. The summed E-state index contributed by atoms with van der Waals surface area (Å²) in [5.74, 6) is -0.695. The molecule has 2 unspecified atom stereocenters. The quantitative estimate of drug-likeness (QED) is 0.695. The van der Waals surface area contributed by atoms with Crippen LogP contribution < -0.4 is 5.32 Å². The summed E-state index contributed by atoms with van der Waals surface area (Å²) >= 11 is 0. The Bertz CT molecular complexity index is 197. The number of piperazine rings is 1. The molecular weight excluding hydrogens is 180 g/mol. The molecule has 0 bridgehead atoms. The average Bonchev–Trinajstić information content (AvgIpc) is 2.14. The predicted molar refractivity (Wildman–Crippen MR) is 55.4 cm³/mol. The van der Waals surface area contributed by atoms with Crippen LogP contribution >= 0.6 is 0 Å². The molecule has 4 nitrogen and oxygen atoms in total. The van der Waals surface area contributed by atoms with E-state index in [1.807, 2.05) is 0 Å². The maximum Gasteiger partial charge on any atom is 0.303 e. The lowest BCUT2D eigenvalue weighted by molar-refractivity contribution is -0.137. The molecule has 0 aromatic carbocycles. The molecule has 4 heteroatoms. The first kappa shape index (κ1) is 11.5. The highest BCUT2D eigenvalue weighted by atomic mass is 16.4. The number of nitrogens with one attached hydrogen (secondary N) is 1. The highest BCUT2D eigenvalue weighted by molar-refractivity contribution is 5.66. The van der Waals surface area contributed by atoms with Crippen LogP contribution in [0.5, 0.6) is 0 Å². The molecule has 0 aliphatic carbocycles. The maximum absolute atomic E-state index is 10.5. The third-order valence-corrected chi connectivity index (χ3v) is 2.91. The van der Waals surface area contributed by atoms with Crippen LogP contribution in [0, 0.1) is 0 Å². The van der Waals surface area contributed by atoms with Crippen molar-refractivity contribution in [2.45, 2.75) is 38.8 Å². The number of aliphatic carboxylic acids is 1. The molecule has 2 atom stereocenters. The van der Waals surface area contributed by atoms with Gasteiger partial charge < -0.3 is 10.4 Å². The van der Waals surface area contributed by atoms with Gasteiger partial charge in [0.2, 0.25) is 0 Å². The Morgan fingerprint density at radius 2 is 2.29 bits per heavy atom. The standard InChI is InChI=1S/C10H20N2O2/c1-3-12-8(2)6-11-7-9(12)4-5-10(13)14/h8-9,11H,3-7H2,1-2H3,(H,13,14). The molecule has 2 N–H and O–H groups in total. The van der Waals surface area contributed by atoms with Crippen LogP contribution in [0.25, 0.3) is 0 Å². The van der Waals surface area contributed by atoms with Crippen LogP contribution in [0.15, 0.2) is 0 Å². The number of carboxylic acids is 1. The van der Waals surface area contributed by atoms with Crippen molar-refractivity contribution in [2.24, 2.45) is 0 Å². The molecule has 0 amide bonds. The largest absolute Gasteiger partial charge is 0.481 e. The fourth-order valence-corrected chi connectivity index (χ4v) is 2.18. The summed E-state index contributed by atoms with van der Waals surface area (Å²) in [5.41, 5.74) is 0. The van der Waals surface area contributed by atoms with E-state index in [-0.39, 0.29) is 6.42 Å². The van der Waals surface area contributed by atoms with Gasteiger partial charge >= 0.3 is 5.97 Å². The fraction of sp³-hybridized carbons (Fsp3) is 0.900. The lowest BCUT2D eigenvalue weighted by atomic mass is 10.0. The molecule has 0 radical (unpaired) electrons. The van der Waals surface area contributed by atoms with Crippen molar-refractivity contribution in [3.8, 4) is 0 Å². The Morgan fingerprint density at radius 1 is 1.57 bits per heavy atom.